The highest BCUT2D eigenvalue weighted by Crippen LogP contribution is 2.54. The zero-order chi connectivity index (χ0) is 45.0. The van der Waals surface area contributed by atoms with Gasteiger partial charge in [0.1, 0.15) is 0 Å². The van der Waals surface area contributed by atoms with Crippen LogP contribution in [0.1, 0.15) is 265 Å². The van der Waals surface area contributed by atoms with E-state index in [-0.39, 0.29) is 19.3 Å². The molecule has 0 aromatic rings. The third-order valence-electron chi connectivity index (χ3n) is 15.2. The van der Waals surface area contributed by atoms with Gasteiger partial charge in [0.05, 0.1) is 0 Å². The number of carboxylic acids is 3. The van der Waals surface area contributed by atoms with E-state index in [0.29, 0.717) is 41.4 Å². The SMILES string of the molecule is CCCCCCCCC1C(CCCCCC)C=CC(CCCCCCCC(=O)O)C1C1C(CCCCCC)C=CC(CCCCCCCC(=O)O)C1CCCCCCCC(=O)O. The number of rotatable bonds is 42. The molecule has 0 aliphatic heterocycles. The fraction of sp³-hybridized carbons (Fsp3) is 0.875. The highest BCUT2D eigenvalue weighted by molar-refractivity contribution is 5.67. The van der Waals surface area contributed by atoms with Gasteiger partial charge in [0.2, 0.25) is 0 Å². The number of hydrogen-bond acceptors (Lipinski definition) is 3. The Morgan fingerprint density at radius 1 is 0.306 bits per heavy atom. The molecule has 0 amide bonds. The minimum atomic E-state index is -0.679. The van der Waals surface area contributed by atoms with Gasteiger partial charge in [-0.05, 0) is 105 Å². The lowest BCUT2D eigenvalue weighted by molar-refractivity contribution is -0.138. The maximum Gasteiger partial charge on any atom is 0.303 e. The maximum absolute atomic E-state index is 11.2. The summed E-state index contributed by atoms with van der Waals surface area (Å²) in [6.45, 7) is 6.98. The Kier molecular flexibility index (Phi) is 33.6. The van der Waals surface area contributed by atoms with Gasteiger partial charge in [0, 0.05) is 19.3 Å². The molecule has 8 unspecified atom stereocenters. The molecule has 0 bridgehead atoms. The minimum absolute atomic E-state index is 0.284. The molecule has 6 nitrogen and oxygen atoms in total. The van der Waals surface area contributed by atoms with Gasteiger partial charge in [-0.1, -0.05) is 212 Å². The summed E-state index contributed by atoms with van der Waals surface area (Å²) in [5.74, 6) is 3.25. The summed E-state index contributed by atoms with van der Waals surface area (Å²) in [5, 5.41) is 27.6. The molecule has 0 radical (unpaired) electrons. The van der Waals surface area contributed by atoms with Crippen molar-refractivity contribution in [1.82, 2.24) is 0 Å². The summed E-state index contributed by atoms with van der Waals surface area (Å²) in [6.07, 6.45) is 54.3. The molecule has 0 saturated carbocycles. The summed E-state index contributed by atoms with van der Waals surface area (Å²) >= 11 is 0. The van der Waals surface area contributed by atoms with Crippen molar-refractivity contribution in [3.8, 4) is 0 Å². The monoisotopic (exact) mass is 869 g/mol. The van der Waals surface area contributed by atoms with Crippen molar-refractivity contribution in [3.63, 3.8) is 0 Å². The van der Waals surface area contributed by atoms with Gasteiger partial charge in [0.25, 0.3) is 0 Å². The summed E-state index contributed by atoms with van der Waals surface area (Å²) in [7, 11) is 0. The summed E-state index contributed by atoms with van der Waals surface area (Å²) in [4.78, 5) is 33.5. The van der Waals surface area contributed by atoms with Crippen LogP contribution in [0, 0.1) is 47.3 Å². The molecule has 8 atom stereocenters. The lowest BCUT2D eigenvalue weighted by atomic mass is 9.53. The van der Waals surface area contributed by atoms with Crippen molar-refractivity contribution in [3.05, 3.63) is 24.3 Å². The molecular formula is C56H100O6. The fourth-order valence-electron chi connectivity index (χ4n) is 11.8. The van der Waals surface area contributed by atoms with Gasteiger partial charge >= 0.3 is 17.9 Å². The second-order valence-electron chi connectivity index (χ2n) is 20.3. The zero-order valence-corrected chi connectivity index (χ0v) is 40.9. The van der Waals surface area contributed by atoms with Crippen LogP contribution in [0.5, 0.6) is 0 Å². The van der Waals surface area contributed by atoms with E-state index in [9.17, 15) is 24.6 Å². The average Bonchev–Trinajstić information content (AvgIpc) is 3.24. The molecule has 2 aliphatic rings. The van der Waals surface area contributed by atoms with E-state index in [4.69, 9.17) is 5.11 Å². The Morgan fingerprint density at radius 3 is 0.839 bits per heavy atom. The van der Waals surface area contributed by atoms with Crippen molar-refractivity contribution >= 4 is 17.9 Å². The van der Waals surface area contributed by atoms with E-state index >= 15 is 0 Å². The average molecular weight is 869 g/mol. The minimum Gasteiger partial charge on any atom is -0.481 e. The van der Waals surface area contributed by atoms with E-state index in [1.54, 1.807) is 0 Å². The second-order valence-corrected chi connectivity index (χ2v) is 20.3. The van der Waals surface area contributed by atoms with Crippen LogP contribution >= 0.6 is 0 Å². The van der Waals surface area contributed by atoms with E-state index in [2.05, 4.69) is 45.1 Å². The highest BCUT2D eigenvalue weighted by atomic mass is 16.4. The molecule has 360 valence electrons. The molecule has 0 heterocycles. The molecule has 2 rings (SSSR count). The van der Waals surface area contributed by atoms with E-state index in [1.807, 2.05) is 0 Å². The van der Waals surface area contributed by atoms with Crippen LogP contribution < -0.4 is 0 Å². The molecule has 0 saturated heterocycles. The number of allylic oxidation sites excluding steroid dienone is 4. The molecule has 0 fully saturated rings. The molecule has 3 N–H and O–H groups in total. The van der Waals surface area contributed by atoms with Crippen LogP contribution in [0.3, 0.4) is 0 Å². The maximum atomic E-state index is 11.2. The quantitative estimate of drug-likeness (QED) is 0.0416. The Bertz CT molecular complexity index is 1180. The van der Waals surface area contributed by atoms with Crippen LogP contribution in [0.2, 0.25) is 0 Å². The molecule has 6 heteroatoms. The second kappa shape index (κ2) is 37.1. The largest absolute Gasteiger partial charge is 0.481 e. The van der Waals surface area contributed by atoms with E-state index < -0.39 is 17.9 Å². The van der Waals surface area contributed by atoms with Gasteiger partial charge < -0.3 is 15.3 Å². The first-order chi connectivity index (χ1) is 30.2. The first-order valence-electron chi connectivity index (χ1n) is 27.2. The third kappa shape index (κ3) is 25.4. The number of carbonyl (C=O) groups is 3. The number of hydrogen-bond donors (Lipinski definition) is 3. The first-order valence-corrected chi connectivity index (χ1v) is 27.2. The van der Waals surface area contributed by atoms with Crippen molar-refractivity contribution in [2.45, 2.75) is 265 Å². The molecule has 0 aromatic heterocycles. The van der Waals surface area contributed by atoms with E-state index in [0.717, 1.165) is 63.7 Å². The normalized spacial score (nSPS) is 23.5. The van der Waals surface area contributed by atoms with Crippen LogP contribution in [0.25, 0.3) is 0 Å². The Balaban J connectivity index is 2.54. The van der Waals surface area contributed by atoms with Crippen molar-refractivity contribution in [2.75, 3.05) is 0 Å². The van der Waals surface area contributed by atoms with Gasteiger partial charge in [0.15, 0.2) is 0 Å². The molecule has 62 heavy (non-hydrogen) atoms. The van der Waals surface area contributed by atoms with Crippen LogP contribution in [-0.2, 0) is 14.4 Å². The van der Waals surface area contributed by atoms with Crippen LogP contribution in [0.15, 0.2) is 24.3 Å². The smallest absolute Gasteiger partial charge is 0.303 e. The molecular weight excluding hydrogens is 769 g/mol. The zero-order valence-electron chi connectivity index (χ0n) is 40.9. The number of carboxylic acid groups (broad SMARTS) is 3. The number of aliphatic carboxylic acids is 3. The van der Waals surface area contributed by atoms with Crippen molar-refractivity contribution < 1.29 is 29.7 Å². The predicted molar refractivity (Wildman–Crippen MR) is 262 cm³/mol. The van der Waals surface area contributed by atoms with Crippen molar-refractivity contribution in [1.29, 1.82) is 0 Å². The van der Waals surface area contributed by atoms with Crippen LogP contribution in [0.4, 0.5) is 0 Å². The molecule has 0 aromatic carbocycles. The van der Waals surface area contributed by atoms with Gasteiger partial charge in [-0.25, -0.2) is 0 Å². The van der Waals surface area contributed by atoms with Crippen LogP contribution in [-0.4, -0.2) is 33.2 Å². The predicted octanol–water partition coefficient (Wildman–Crippen LogP) is 17.2. The molecule has 2 aliphatic carbocycles. The topological polar surface area (TPSA) is 112 Å². The van der Waals surface area contributed by atoms with E-state index in [1.165, 1.54) is 167 Å². The summed E-state index contributed by atoms with van der Waals surface area (Å²) < 4.78 is 0. The Morgan fingerprint density at radius 2 is 0.532 bits per heavy atom. The Labute approximate surface area is 382 Å². The standard InChI is InChI=1S/C56H100O6/c1-4-7-10-13-19-28-37-50-46(33-24-11-8-5-2)42-45-49(36-27-18-15-22-31-40-53(59)60)56(50)55-48(35-25-12-9-6-3)44-43-47(34-26-17-14-21-30-39-52(57)58)51(55)38-29-20-16-23-32-41-54(61)62/h42-51,55-56H,4-41H2,1-3H3,(H,57,58)(H,59,60)(H,61,62). The number of unbranched alkanes of at least 4 members (excludes halogenated alkanes) is 23. The van der Waals surface area contributed by atoms with Gasteiger partial charge in [-0.3, -0.25) is 14.4 Å². The lowest BCUT2D eigenvalue weighted by Crippen LogP contribution is -2.45. The lowest BCUT2D eigenvalue weighted by Gasteiger charge is -2.52. The fourth-order valence-corrected chi connectivity index (χ4v) is 11.8. The van der Waals surface area contributed by atoms with Gasteiger partial charge in [-0.15, -0.1) is 0 Å². The first kappa shape index (κ1) is 56.0. The van der Waals surface area contributed by atoms with Crippen molar-refractivity contribution in [2.24, 2.45) is 47.3 Å². The third-order valence-corrected chi connectivity index (χ3v) is 15.2. The molecule has 0 spiro atoms. The Hall–Kier alpha value is -2.11. The summed E-state index contributed by atoms with van der Waals surface area (Å²) in [6, 6.07) is 0. The highest BCUT2D eigenvalue weighted by Gasteiger charge is 2.47. The van der Waals surface area contributed by atoms with Gasteiger partial charge in [-0.2, -0.15) is 0 Å². The summed E-state index contributed by atoms with van der Waals surface area (Å²) in [5.41, 5.74) is 0.